The number of hydrogen-bond acceptors (Lipinski definition) is 5. The monoisotopic (exact) mass is 484 g/mol. The summed E-state index contributed by atoms with van der Waals surface area (Å²) in [5.74, 6) is 1.10. The molecule has 2 aromatic carbocycles. The lowest BCUT2D eigenvalue weighted by molar-refractivity contribution is -0.125. The first-order chi connectivity index (χ1) is 16.6. The molecule has 1 N–H and O–H groups in total. The van der Waals surface area contributed by atoms with E-state index in [0.717, 1.165) is 47.5 Å². The molecule has 1 fully saturated rings. The first-order valence-electron chi connectivity index (χ1n) is 11.5. The lowest BCUT2D eigenvalue weighted by Gasteiger charge is -2.38. The minimum Gasteiger partial charge on any atom is -0.326 e. The molecule has 0 radical (unpaired) electrons. The highest BCUT2D eigenvalue weighted by Crippen LogP contribution is 2.44. The van der Waals surface area contributed by atoms with Crippen molar-refractivity contribution < 1.29 is 14.4 Å². The van der Waals surface area contributed by atoms with Gasteiger partial charge in [-0.15, -0.1) is 0 Å². The van der Waals surface area contributed by atoms with Crippen molar-refractivity contribution in [3.05, 3.63) is 58.9 Å². The number of anilines is 1. The van der Waals surface area contributed by atoms with Crippen molar-refractivity contribution in [3.8, 4) is 0 Å². The Hall–Kier alpha value is -3.03. The third-order valence-corrected chi connectivity index (χ3v) is 6.28. The molecule has 0 bridgehead atoms. The minimum absolute atomic E-state index is 0.180. The van der Waals surface area contributed by atoms with Gasteiger partial charge in [0.25, 0.3) is 0 Å². The first kappa shape index (κ1) is 27.2. The molecular weight excluding hydrogens is 452 g/mol. The van der Waals surface area contributed by atoms with Gasteiger partial charge in [-0.05, 0) is 36.2 Å². The molecule has 182 valence electrons. The molecular formula is C26H33ClN4O3. The lowest BCUT2D eigenvalue weighted by atomic mass is 9.76. The summed E-state index contributed by atoms with van der Waals surface area (Å²) in [6.07, 6.45) is 2.17. The molecule has 0 saturated carbocycles. The topological polar surface area (TPSA) is 84.3 Å². The lowest BCUT2D eigenvalue weighted by Crippen LogP contribution is -2.61. The number of carbonyl (C=O) groups excluding carboxylic acids is 3. The Morgan fingerprint density at radius 2 is 1.76 bits per heavy atom. The van der Waals surface area contributed by atoms with E-state index in [-0.39, 0.29) is 5.91 Å². The zero-order valence-corrected chi connectivity index (χ0v) is 20.9. The number of imidazole rings is 1. The average Bonchev–Trinajstić information content (AvgIpc) is 3.33. The van der Waals surface area contributed by atoms with Crippen LogP contribution in [0.4, 0.5) is 5.69 Å². The standard InChI is InChI=1S/C22H23ClN4O.C2H6.2CH2O/c1-2-3-10-26-19-9-8-15(23)11-17(19)25-20(26)12-27-18-7-5-4-6-16(18)22(21(27)28)13-24-14-22;3*1-2/h4-9,11,24H,2-3,10,12-14H2,1H3;1-2H3;2*1H2. The van der Waals surface area contributed by atoms with Crippen molar-refractivity contribution in [1.82, 2.24) is 14.9 Å². The molecule has 1 aromatic heterocycles. The number of carbonyl (C=O) groups is 3. The van der Waals surface area contributed by atoms with Gasteiger partial charge >= 0.3 is 0 Å². The maximum atomic E-state index is 13.4. The Balaban J connectivity index is 0.000000633. The van der Waals surface area contributed by atoms with Gasteiger partial charge in [-0.25, -0.2) is 4.98 Å². The number of unbranched alkanes of at least 4 members (excludes halogenated alkanes) is 1. The van der Waals surface area contributed by atoms with Crippen LogP contribution in [0.2, 0.25) is 5.02 Å². The Labute approximate surface area is 206 Å². The highest BCUT2D eigenvalue weighted by atomic mass is 35.5. The van der Waals surface area contributed by atoms with Gasteiger partial charge < -0.3 is 24.4 Å². The summed E-state index contributed by atoms with van der Waals surface area (Å²) in [5.41, 5.74) is 3.71. The molecule has 5 rings (SSSR count). The van der Waals surface area contributed by atoms with Crippen LogP contribution in [0.1, 0.15) is 45.0 Å². The van der Waals surface area contributed by atoms with Gasteiger partial charge in [0, 0.05) is 30.3 Å². The van der Waals surface area contributed by atoms with E-state index in [1.807, 2.05) is 62.7 Å². The summed E-state index contributed by atoms with van der Waals surface area (Å²) >= 11 is 6.19. The molecule has 0 atom stereocenters. The molecule has 2 aliphatic heterocycles. The molecule has 8 heteroatoms. The first-order valence-corrected chi connectivity index (χ1v) is 11.9. The Kier molecular flexibility index (Phi) is 9.96. The minimum atomic E-state index is -0.403. The zero-order chi connectivity index (χ0) is 25.3. The van der Waals surface area contributed by atoms with Crippen LogP contribution in [0, 0.1) is 0 Å². The molecule has 7 nitrogen and oxygen atoms in total. The van der Waals surface area contributed by atoms with E-state index in [1.165, 1.54) is 0 Å². The smallest absolute Gasteiger partial charge is 0.240 e. The normalized spacial score (nSPS) is 14.7. The molecule has 3 aromatic rings. The molecule has 1 saturated heterocycles. The fourth-order valence-electron chi connectivity index (χ4n) is 4.45. The van der Waals surface area contributed by atoms with E-state index in [9.17, 15) is 4.79 Å². The fourth-order valence-corrected chi connectivity index (χ4v) is 4.62. The zero-order valence-electron chi connectivity index (χ0n) is 20.1. The van der Waals surface area contributed by atoms with Crippen molar-refractivity contribution in [2.75, 3.05) is 18.0 Å². The van der Waals surface area contributed by atoms with Crippen molar-refractivity contribution >= 4 is 47.8 Å². The summed E-state index contributed by atoms with van der Waals surface area (Å²) in [7, 11) is 0. The third kappa shape index (κ3) is 4.76. The number of nitrogens with one attached hydrogen (secondary N) is 1. The van der Waals surface area contributed by atoms with E-state index in [4.69, 9.17) is 26.2 Å². The largest absolute Gasteiger partial charge is 0.326 e. The molecule has 2 aliphatic rings. The van der Waals surface area contributed by atoms with Gasteiger partial charge in [-0.3, -0.25) is 4.79 Å². The second kappa shape index (κ2) is 12.4. The number of hydrogen-bond donors (Lipinski definition) is 1. The summed E-state index contributed by atoms with van der Waals surface area (Å²) in [6.45, 7) is 13.0. The number of halogens is 1. The van der Waals surface area contributed by atoms with Crippen LogP contribution in [0.15, 0.2) is 42.5 Å². The number of aromatic nitrogens is 2. The summed E-state index contributed by atoms with van der Waals surface area (Å²) in [6, 6.07) is 14.0. The molecule has 0 aliphatic carbocycles. The molecule has 1 spiro atoms. The van der Waals surface area contributed by atoms with E-state index in [0.29, 0.717) is 24.7 Å². The van der Waals surface area contributed by atoms with E-state index in [1.54, 1.807) is 0 Å². The van der Waals surface area contributed by atoms with Crippen molar-refractivity contribution in [2.24, 2.45) is 0 Å². The number of fused-ring (bicyclic) bond motifs is 3. The molecule has 0 unspecified atom stereocenters. The summed E-state index contributed by atoms with van der Waals surface area (Å²) < 4.78 is 2.25. The SMILES string of the molecule is C=O.C=O.CC.CCCCn1c(CN2C(=O)C3(CNC3)c3ccccc32)nc2cc(Cl)ccc21. The maximum absolute atomic E-state index is 13.4. The number of amides is 1. The number of rotatable bonds is 5. The van der Waals surface area contributed by atoms with Gasteiger partial charge in [0.15, 0.2) is 0 Å². The van der Waals surface area contributed by atoms with Gasteiger partial charge in [0.05, 0.1) is 17.6 Å². The van der Waals surface area contributed by atoms with E-state index >= 15 is 0 Å². The molecule has 1 amide bonds. The van der Waals surface area contributed by atoms with Gasteiger partial charge in [0.1, 0.15) is 24.8 Å². The average molecular weight is 485 g/mol. The Morgan fingerprint density at radius 1 is 1.09 bits per heavy atom. The van der Waals surface area contributed by atoms with Crippen LogP contribution in [-0.2, 0) is 32.9 Å². The van der Waals surface area contributed by atoms with Crippen molar-refractivity contribution in [1.29, 1.82) is 0 Å². The number of aryl methyl sites for hydroxylation is 1. The molecule has 34 heavy (non-hydrogen) atoms. The van der Waals surface area contributed by atoms with Crippen LogP contribution in [0.5, 0.6) is 0 Å². The fraction of sp³-hybridized carbons (Fsp3) is 0.385. The van der Waals surface area contributed by atoms with E-state index in [2.05, 4.69) is 28.9 Å². The van der Waals surface area contributed by atoms with Crippen LogP contribution in [0.3, 0.4) is 0 Å². The van der Waals surface area contributed by atoms with Crippen molar-refractivity contribution in [2.45, 2.75) is 52.1 Å². The third-order valence-electron chi connectivity index (χ3n) is 6.04. The quantitative estimate of drug-likeness (QED) is 0.575. The number of para-hydroxylation sites is 1. The number of benzene rings is 2. The van der Waals surface area contributed by atoms with Crippen LogP contribution < -0.4 is 10.2 Å². The van der Waals surface area contributed by atoms with E-state index < -0.39 is 5.41 Å². The van der Waals surface area contributed by atoms with Crippen LogP contribution in [0.25, 0.3) is 11.0 Å². The number of nitrogens with zero attached hydrogens (tertiary/aromatic N) is 3. The predicted molar refractivity (Wildman–Crippen MR) is 137 cm³/mol. The highest BCUT2D eigenvalue weighted by Gasteiger charge is 2.54. The predicted octanol–water partition coefficient (Wildman–Crippen LogP) is 4.53. The van der Waals surface area contributed by atoms with Gasteiger partial charge in [0.2, 0.25) is 5.91 Å². The second-order valence-electron chi connectivity index (χ2n) is 7.76. The summed E-state index contributed by atoms with van der Waals surface area (Å²) in [5, 5.41) is 3.97. The van der Waals surface area contributed by atoms with Crippen molar-refractivity contribution in [3.63, 3.8) is 0 Å². The Bertz CT molecular complexity index is 1110. The van der Waals surface area contributed by atoms with Gasteiger partial charge in [-0.2, -0.15) is 0 Å². The van der Waals surface area contributed by atoms with Crippen LogP contribution >= 0.6 is 11.6 Å². The molecule has 3 heterocycles. The highest BCUT2D eigenvalue weighted by molar-refractivity contribution is 6.31. The Morgan fingerprint density at radius 3 is 2.38 bits per heavy atom. The maximum Gasteiger partial charge on any atom is 0.240 e. The summed E-state index contributed by atoms with van der Waals surface area (Å²) in [4.78, 5) is 36.2. The second-order valence-corrected chi connectivity index (χ2v) is 8.20. The van der Waals surface area contributed by atoms with Gasteiger partial charge in [-0.1, -0.05) is 57.0 Å². The van der Waals surface area contributed by atoms with Crippen LogP contribution in [-0.4, -0.2) is 42.1 Å².